The molecule has 0 aliphatic rings. The van der Waals surface area contributed by atoms with Gasteiger partial charge in [0.2, 0.25) is 0 Å². The summed E-state index contributed by atoms with van der Waals surface area (Å²) in [6.45, 7) is 2.18. The Hall–Kier alpha value is -1.12. The zero-order valence-electron chi connectivity index (χ0n) is 9.52. The van der Waals surface area contributed by atoms with E-state index in [2.05, 4.69) is 48.0 Å². The van der Waals surface area contributed by atoms with E-state index in [1.807, 2.05) is 0 Å². The largest absolute Gasteiger partial charge is 0.324 e. The van der Waals surface area contributed by atoms with Gasteiger partial charge in [-0.15, -0.1) is 0 Å². The molecule has 16 heavy (non-hydrogen) atoms. The van der Waals surface area contributed by atoms with Crippen molar-refractivity contribution >= 4 is 11.3 Å². The molecule has 0 aliphatic carbocycles. The molecule has 0 radical (unpaired) electrons. The third-order valence-corrected chi connectivity index (χ3v) is 3.60. The van der Waals surface area contributed by atoms with Gasteiger partial charge in [-0.05, 0) is 46.4 Å². The summed E-state index contributed by atoms with van der Waals surface area (Å²) in [5.41, 5.74) is 10.3. The van der Waals surface area contributed by atoms with E-state index in [0.29, 0.717) is 0 Å². The fourth-order valence-electron chi connectivity index (χ4n) is 1.99. The number of hydrogen-bond donors (Lipinski definition) is 1. The molecule has 2 heteroatoms. The predicted molar refractivity (Wildman–Crippen MR) is 70.8 cm³/mol. The lowest BCUT2D eigenvalue weighted by atomic mass is 9.95. The second-order valence-corrected chi connectivity index (χ2v) is 4.77. The van der Waals surface area contributed by atoms with E-state index in [9.17, 15) is 0 Å². The molecular formula is C14H17NS. The normalized spacial score (nSPS) is 12.6. The standard InChI is InChI=1S/C14H17NS/c1-2-12-5-3-4-6-13(12)14(15)9-11-7-8-16-10-11/h3-8,10,14H,2,9,15H2,1H3. The monoisotopic (exact) mass is 231 g/mol. The summed E-state index contributed by atoms with van der Waals surface area (Å²) in [5.74, 6) is 0. The molecule has 0 bridgehead atoms. The summed E-state index contributed by atoms with van der Waals surface area (Å²) in [6, 6.07) is 10.7. The maximum atomic E-state index is 6.27. The van der Waals surface area contributed by atoms with Gasteiger partial charge in [0.15, 0.2) is 0 Å². The topological polar surface area (TPSA) is 26.0 Å². The molecule has 1 heterocycles. The summed E-state index contributed by atoms with van der Waals surface area (Å²) < 4.78 is 0. The van der Waals surface area contributed by atoms with E-state index in [1.165, 1.54) is 16.7 Å². The lowest BCUT2D eigenvalue weighted by Gasteiger charge is -2.15. The molecule has 2 rings (SSSR count). The number of rotatable bonds is 4. The SMILES string of the molecule is CCc1ccccc1C(N)Cc1ccsc1. The Morgan fingerprint density at radius 3 is 2.75 bits per heavy atom. The van der Waals surface area contributed by atoms with Crippen molar-refractivity contribution in [1.82, 2.24) is 0 Å². The highest BCUT2D eigenvalue weighted by molar-refractivity contribution is 7.07. The van der Waals surface area contributed by atoms with Crippen molar-refractivity contribution in [3.05, 3.63) is 57.8 Å². The second kappa shape index (κ2) is 5.28. The first-order valence-electron chi connectivity index (χ1n) is 5.65. The highest BCUT2D eigenvalue weighted by Gasteiger charge is 2.10. The summed E-state index contributed by atoms with van der Waals surface area (Å²) in [6.07, 6.45) is 1.98. The molecule has 84 valence electrons. The molecule has 1 atom stereocenters. The molecule has 0 spiro atoms. The summed E-state index contributed by atoms with van der Waals surface area (Å²) in [5, 5.41) is 4.28. The number of hydrogen-bond acceptors (Lipinski definition) is 2. The molecule has 2 N–H and O–H groups in total. The minimum Gasteiger partial charge on any atom is -0.324 e. The molecule has 2 aromatic rings. The molecule has 1 aromatic carbocycles. The van der Waals surface area contributed by atoms with Gasteiger partial charge in [0.05, 0.1) is 0 Å². The van der Waals surface area contributed by atoms with Crippen molar-refractivity contribution in [2.24, 2.45) is 5.73 Å². The molecule has 0 saturated heterocycles. The van der Waals surface area contributed by atoms with Gasteiger partial charge in [-0.2, -0.15) is 11.3 Å². The van der Waals surface area contributed by atoms with E-state index in [4.69, 9.17) is 5.73 Å². The van der Waals surface area contributed by atoms with Crippen LogP contribution in [0.15, 0.2) is 41.1 Å². The van der Waals surface area contributed by atoms with Crippen LogP contribution in [0.4, 0.5) is 0 Å². The van der Waals surface area contributed by atoms with Crippen molar-refractivity contribution in [1.29, 1.82) is 0 Å². The molecular weight excluding hydrogens is 214 g/mol. The Morgan fingerprint density at radius 1 is 1.25 bits per heavy atom. The van der Waals surface area contributed by atoms with E-state index in [1.54, 1.807) is 11.3 Å². The molecule has 0 saturated carbocycles. The van der Waals surface area contributed by atoms with E-state index >= 15 is 0 Å². The van der Waals surface area contributed by atoms with E-state index < -0.39 is 0 Å². The van der Waals surface area contributed by atoms with Crippen LogP contribution in [-0.4, -0.2) is 0 Å². The first kappa shape index (κ1) is 11.4. The smallest absolute Gasteiger partial charge is 0.0338 e. The van der Waals surface area contributed by atoms with Crippen LogP contribution in [0, 0.1) is 0 Å². The van der Waals surface area contributed by atoms with Gasteiger partial charge in [0, 0.05) is 6.04 Å². The van der Waals surface area contributed by atoms with Crippen molar-refractivity contribution in [3.63, 3.8) is 0 Å². The van der Waals surface area contributed by atoms with Crippen LogP contribution in [0.2, 0.25) is 0 Å². The van der Waals surface area contributed by atoms with E-state index in [-0.39, 0.29) is 6.04 Å². The molecule has 1 unspecified atom stereocenters. The van der Waals surface area contributed by atoms with Crippen LogP contribution < -0.4 is 5.73 Å². The van der Waals surface area contributed by atoms with Crippen molar-refractivity contribution in [3.8, 4) is 0 Å². The van der Waals surface area contributed by atoms with Crippen LogP contribution in [0.3, 0.4) is 0 Å². The number of nitrogens with two attached hydrogens (primary N) is 1. The van der Waals surface area contributed by atoms with Gasteiger partial charge >= 0.3 is 0 Å². The molecule has 0 fully saturated rings. The lowest BCUT2D eigenvalue weighted by Crippen LogP contribution is -2.14. The molecule has 0 aliphatic heterocycles. The predicted octanol–water partition coefficient (Wildman–Crippen LogP) is 3.55. The van der Waals surface area contributed by atoms with Crippen LogP contribution in [0.25, 0.3) is 0 Å². The van der Waals surface area contributed by atoms with Crippen LogP contribution in [-0.2, 0) is 12.8 Å². The van der Waals surface area contributed by atoms with Gasteiger partial charge in [-0.3, -0.25) is 0 Å². The molecule has 1 nitrogen and oxygen atoms in total. The number of thiophene rings is 1. The Bertz CT molecular complexity index is 434. The lowest BCUT2D eigenvalue weighted by molar-refractivity contribution is 0.714. The average molecular weight is 231 g/mol. The zero-order valence-corrected chi connectivity index (χ0v) is 10.3. The quantitative estimate of drug-likeness (QED) is 0.855. The van der Waals surface area contributed by atoms with E-state index in [0.717, 1.165) is 12.8 Å². The fraction of sp³-hybridized carbons (Fsp3) is 0.286. The van der Waals surface area contributed by atoms with Gasteiger partial charge in [-0.1, -0.05) is 31.2 Å². The van der Waals surface area contributed by atoms with Gasteiger partial charge in [-0.25, -0.2) is 0 Å². The highest BCUT2D eigenvalue weighted by atomic mass is 32.1. The van der Waals surface area contributed by atoms with Crippen molar-refractivity contribution in [2.75, 3.05) is 0 Å². The summed E-state index contributed by atoms with van der Waals surface area (Å²) in [7, 11) is 0. The van der Waals surface area contributed by atoms with Crippen molar-refractivity contribution in [2.45, 2.75) is 25.8 Å². The van der Waals surface area contributed by atoms with Crippen LogP contribution in [0.5, 0.6) is 0 Å². The molecule has 0 amide bonds. The zero-order chi connectivity index (χ0) is 11.4. The number of aryl methyl sites for hydroxylation is 1. The Balaban J connectivity index is 2.17. The highest BCUT2D eigenvalue weighted by Crippen LogP contribution is 2.21. The first-order chi connectivity index (χ1) is 7.81. The molecule has 1 aromatic heterocycles. The van der Waals surface area contributed by atoms with Crippen LogP contribution >= 0.6 is 11.3 Å². The van der Waals surface area contributed by atoms with Gasteiger partial charge in [0.1, 0.15) is 0 Å². The minimum atomic E-state index is 0.116. The Kier molecular flexibility index (Phi) is 3.75. The summed E-state index contributed by atoms with van der Waals surface area (Å²) >= 11 is 1.73. The number of benzene rings is 1. The maximum Gasteiger partial charge on any atom is 0.0338 e. The van der Waals surface area contributed by atoms with Gasteiger partial charge < -0.3 is 5.73 Å². The summed E-state index contributed by atoms with van der Waals surface area (Å²) in [4.78, 5) is 0. The Morgan fingerprint density at radius 2 is 2.06 bits per heavy atom. The minimum absolute atomic E-state index is 0.116. The van der Waals surface area contributed by atoms with Gasteiger partial charge in [0.25, 0.3) is 0 Å². The maximum absolute atomic E-state index is 6.27. The average Bonchev–Trinajstić information content (AvgIpc) is 2.81. The third-order valence-electron chi connectivity index (χ3n) is 2.87. The first-order valence-corrected chi connectivity index (χ1v) is 6.60. The van der Waals surface area contributed by atoms with Crippen LogP contribution in [0.1, 0.15) is 29.7 Å². The second-order valence-electron chi connectivity index (χ2n) is 3.99. The van der Waals surface area contributed by atoms with Crippen molar-refractivity contribution < 1.29 is 0 Å². The fourth-order valence-corrected chi connectivity index (χ4v) is 2.67. The third kappa shape index (κ3) is 2.52. The Labute approximate surface area is 101 Å².